The van der Waals surface area contributed by atoms with Gasteiger partial charge in [0.15, 0.2) is 5.96 Å². The molecule has 1 amide bonds. The highest BCUT2D eigenvalue weighted by Gasteiger charge is 2.25. The predicted octanol–water partition coefficient (Wildman–Crippen LogP) is 3.16. The topological polar surface area (TPSA) is 79.5 Å². The van der Waals surface area contributed by atoms with Gasteiger partial charge in [0.25, 0.3) is 0 Å². The van der Waals surface area contributed by atoms with Gasteiger partial charge in [0.1, 0.15) is 0 Å². The molecule has 0 radical (unpaired) electrons. The van der Waals surface area contributed by atoms with E-state index in [4.69, 9.17) is 5.73 Å². The number of guanidine groups is 1. The average Bonchev–Trinajstić information content (AvgIpc) is 2.52. The van der Waals surface area contributed by atoms with Crippen LogP contribution in [0.5, 0.6) is 0 Å². The van der Waals surface area contributed by atoms with Gasteiger partial charge in [0, 0.05) is 17.6 Å². The number of nitrogens with one attached hydrogen (secondary N) is 2. The fourth-order valence-corrected chi connectivity index (χ4v) is 3.34. The maximum Gasteiger partial charge on any atom is 0.227 e. The molecule has 1 aromatic rings. The second kappa shape index (κ2) is 8.18. The summed E-state index contributed by atoms with van der Waals surface area (Å²) in [5, 5.41) is 6.33. The third kappa shape index (κ3) is 4.73. The van der Waals surface area contributed by atoms with Crippen LogP contribution in [0.3, 0.4) is 0 Å². The largest absolute Gasteiger partial charge is 0.370 e. The molecule has 0 bridgehead atoms. The molecule has 0 aromatic heterocycles. The van der Waals surface area contributed by atoms with E-state index in [1.807, 2.05) is 24.3 Å². The number of rotatable bonds is 5. The normalized spacial score (nSPS) is 19.6. The Bertz CT molecular complexity index is 589. The molecule has 0 saturated heterocycles. The number of benzene rings is 1. The van der Waals surface area contributed by atoms with Crippen LogP contribution in [0, 0.1) is 5.92 Å². The monoisotopic (exact) mass is 328 g/mol. The molecule has 24 heavy (non-hydrogen) atoms. The van der Waals surface area contributed by atoms with Gasteiger partial charge in [-0.25, -0.2) is 4.99 Å². The van der Waals surface area contributed by atoms with Crippen molar-refractivity contribution in [3.05, 3.63) is 29.8 Å². The number of nitrogens with two attached hydrogens (primary N) is 1. The van der Waals surface area contributed by atoms with E-state index in [9.17, 15) is 4.79 Å². The maximum atomic E-state index is 12.0. The Morgan fingerprint density at radius 1 is 1.12 bits per heavy atom. The van der Waals surface area contributed by atoms with Gasteiger partial charge in [-0.05, 0) is 43.4 Å². The molecule has 5 heteroatoms. The van der Waals surface area contributed by atoms with Gasteiger partial charge in [-0.3, -0.25) is 4.79 Å². The molecule has 3 rings (SSSR count). The molecule has 0 heterocycles. The number of anilines is 1. The summed E-state index contributed by atoms with van der Waals surface area (Å²) >= 11 is 0. The zero-order chi connectivity index (χ0) is 16.8. The Hall–Kier alpha value is -2.04. The lowest BCUT2D eigenvalue weighted by Crippen LogP contribution is -2.41. The number of carbonyl (C=O) groups is 1. The van der Waals surface area contributed by atoms with Gasteiger partial charge in [-0.1, -0.05) is 37.8 Å². The van der Waals surface area contributed by atoms with E-state index in [2.05, 4.69) is 15.6 Å². The quantitative estimate of drug-likeness (QED) is 0.574. The summed E-state index contributed by atoms with van der Waals surface area (Å²) in [6, 6.07) is 8.33. The van der Waals surface area contributed by atoms with Gasteiger partial charge in [0.05, 0.1) is 6.54 Å². The first-order valence-corrected chi connectivity index (χ1v) is 9.17. The van der Waals surface area contributed by atoms with Gasteiger partial charge in [0.2, 0.25) is 5.91 Å². The molecule has 0 unspecified atom stereocenters. The van der Waals surface area contributed by atoms with Crippen molar-refractivity contribution < 1.29 is 4.79 Å². The standard InChI is InChI=1S/C19H28N4O/c20-19(23-16-9-2-1-3-10-16)21-13-14-6-4-11-17(12-14)22-18(24)15-7-5-8-15/h4,6,11-12,15-16H,1-3,5,7-10,13H2,(H,22,24)(H3,20,21,23). The van der Waals surface area contributed by atoms with Crippen LogP contribution in [0.15, 0.2) is 29.3 Å². The molecule has 5 nitrogen and oxygen atoms in total. The minimum atomic E-state index is 0.139. The van der Waals surface area contributed by atoms with Crippen LogP contribution in [0.1, 0.15) is 56.9 Å². The van der Waals surface area contributed by atoms with Crippen molar-refractivity contribution in [2.75, 3.05) is 5.32 Å². The molecular formula is C19H28N4O. The molecule has 2 aliphatic carbocycles. The van der Waals surface area contributed by atoms with E-state index >= 15 is 0 Å². The number of carbonyl (C=O) groups excluding carboxylic acids is 1. The third-order valence-corrected chi connectivity index (χ3v) is 5.06. The van der Waals surface area contributed by atoms with Crippen LogP contribution in [0.25, 0.3) is 0 Å². The highest BCUT2D eigenvalue weighted by Crippen LogP contribution is 2.27. The summed E-state index contributed by atoms with van der Waals surface area (Å²) in [5.41, 5.74) is 7.90. The Labute approximate surface area is 144 Å². The van der Waals surface area contributed by atoms with Gasteiger partial charge >= 0.3 is 0 Å². The maximum absolute atomic E-state index is 12.0. The fourth-order valence-electron chi connectivity index (χ4n) is 3.34. The van der Waals surface area contributed by atoms with Crippen LogP contribution in [-0.4, -0.2) is 17.9 Å². The SMILES string of the molecule is NC(=NCc1cccc(NC(=O)C2CCC2)c1)NC1CCCCC1. The number of hydrogen-bond acceptors (Lipinski definition) is 2. The lowest BCUT2D eigenvalue weighted by Gasteiger charge is -2.24. The van der Waals surface area contributed by atoms with Crippen LogP contribution in [-0.2, 0) is 11.3 Å². The summed E-state index contributed by atoms with van der Waals surface area (Å²) in [6.07, 6.45) is 9.42. The number of nitrogens with zero attached hydrogens (tertiary/aromatic N) is 1. The smallest absolute Gasteiger partial charge is 0.227 e. The van der Waals surface area contributed by atoms with Crippen molar-refractivity contribution in [1.29, 1.82) is 0 Å². The summed E-state index contributed by atoms with van der Waals surface area (Å²) in [4.78, 5) is 16.5. The highest BCUT2D eigenvalue weighted by molar-refractivity contribution is 5.93. The van der Waals surface area contributed by atoms with Crippen molar-refractivity contribution in [3.8, 4) is 0 Å². The van der Waals surface area contributed by atoms with E-state index in [-0.39, 0.29) is 11.8 Å². The van der Waals surface area contributed by atoms with E-state index < -0.39 is 0 Å². The van der Waals surface area contributed by atoms with Gasteiger partial charge in [-0.15, -0.1) is 0 Å². The van der Waals surface area contributed by atoms with E-state index in [1.54, 1.807) is 0 Å². The van der Waals surface area contributed by atoms with Crippen molar-refractivity contribution in [3.63, 3.8) is 0 Å². The van der Waals surface area contributed by atoms with Crippen LogP contribution in [0.4, 0.5) is 5.69 Å². The summed E-state index contributed by atoms with van der Waals surface area (Å²) in [7, 11) is 0. The van der Waals surface area contributed by atoms with Crippen molar-refractivity contribution in [2.45, 2.75) is 64.0 Å². The molecule has 4 N–H and O–H groups in total. The lowest BCUT2D eigenvalue weighted by molar-refractivity contribution is -0.122. The molecule has 2 fully saturated rings. The summed E-state index contributed by atoms with van der Waals surface area (Å²) < 4.78 is 0. The molecule has 2 aliphatic rings. The van der Waals surface area contributed by atoms with E-state index in [0.29, 0.717) is 18.5 Å². The Balaban J connectivity index is 1.51. The Morgan fingerprint density at radius 3 is 2.62 bits per heavy atom. The zero-order valence-electron chi connectivity index (χ0n) is 14.3. The predicted molar refractivity (Wildman–Crippen MR) is 97.7 cm³/mol. The summed E-state index contributed by atoms with van der Waals surface area (Å²) in [5.74, 6) is 0.855. The first kappa shape index (κ1) is 16.8. The lowest BCUT2D eigenvalue weighted by atomic mass is 9.85. The number of hydrogen-bond donors (Lipinski definition) is 3. The molecule has 0 atom stereocenters. The highest BCUT2D eigenvalue weighted by atomic mass is 16.1. The molecule has 2 saturated carbocycles. The van der Waals surface area contributed by atoms with Crippen molar-refractivity contribution >= 4 is 17.6 Å². The molecule has 1 aromatic carbocycles. The van der Waals surface area contributed by atoms with E-state index in [0.717, 1.165) is 24.1 Å². The second-order valence-electron chi connectivity index (χ2n) is 7.00. The number of amides is 1. The average molecular weight is 328 g/mol. The van der Waals surface area contributed by atoms with Crippen LogP contribution < -0.4 is 16.4 Å². The fraction of sp³-hybridized carbons (Fsp3) is 0.579. The van der Waals surface area contributed by atoms with Gasteiger partial charge < -0.3 is 16.4 Å². The van der Waals surface area contributed by atoms with E-state index in [1.165, 1.54) is 38.5 Å². The molecule has 130 valence electrons. The van der Waals surface area contributed by atoms with Crippen molar-refractivity contribution in [1.82, 2.24) is 5.32 Å². The third-order valence-electron chi connectivity index (χ3n) is 5.06. The molecular weight excluding hydrogens is 300 g/mol. The zero-order valence-corrected chi connectivity index (χ0v) is 14.3. The minimum absolute atomic E-state index is 0.139. The minimum Gasteiger partial charge on any atom is -0.370 e. The van der Waals surface area contributed by atoms with Crippen LogP contribution >= 0.6 is 0 Å². The number of aliphatic imine (C=N–C) groups is 1. The Kier molecular flexibility index (Phi) is 5.72. The first-order chi connectivity index (χ1) is 11.7. The molecule has 0 aliphatic heterocycles. The second-order valence-corrected chi connectivity index (χ2v) is 7.00. The Morgan fingerprint density at radius 2 is 1.92 bits per heavy atom. The first-order valence-electron chi connectivity index (χ1n) is 9.17. The van der Waals surface area contributed by atoms with Crippen molar-refractivity contribution in [2.24, 2.45) is 16.6 Å². The summed E-state index contributed by atoms with van der Waals surface area (Å²) in [6.45, 7) is 0.526. The van der Waals surface area contributed by atoms with Gasteiger partial charge in [-0.2, -0.15) is 0 Å². The molecule has 0 spiro atoms. The van der Waals surface area contributed by atoms with Crippen LogP contribution in [0.2, 0.25) is 0 Å².